The smallest absolute Gasteiger partial charge is 0.0843 e. The van der Waals surface area contributed by atoms with E-state index in [9.17, 15) is 0 Å². The second kappa shape index (κ2) is 9.16. The Morgan fingerprint density at radius 2 is 1.94 bits per heavy atom. The summed E-state index contributed by atoms with van der Waals surface area (Å²) in [5, 5.41) is 3.40. The second-order valence-corrected chi connectivity index (χ2v) is 7.24. The van der Waals surface area contributed by atoms with Crippen LogP contribution in [-0.2, 0) is 0 Å². The summed E-state index contributed by atoms with van der Waals surface area (Å²) in [4.78, 5) is 4.05. The highest BCUT2D eigenvalue weighted by Gasteiger charge is 2.22. The normalized spacial score (nSPS) is 17.7. The first-order valence-corrected chi connectivity index (χ1v) is 8.02. The lowest BCUT2D eigenvalue weighted by atomic mass is 10.1. The van der Waals surface area contributed by atoms with E-state index in [0.29, 0.717) is 6.04 Å². The molecule has 1 atom stereocenters. The number of thiophene rings is 1. The molecule has 1 fully saturated rings. The maximum Gasteiger partial charge on any atom is 0.0843 e. The molecule has 7 heteroatoms. The summed E-state index contributed by atoms with van der Waals surface area (Å²) < 4.78 is 2.39. The molecule has 0 unspecified atom stereocenters. The van der Waals surface area contributed by atoms with Crippen LogP contribution in [0.2, 0.25) is 0 Å². The van der Waals surface area contributed by atoms with Crippen molar-refractivity contribution in [3.63, 3.8) is 0 Å². The molecule has 1 aliphatic heterocycles. The molecule has 106 valence electrons. The molecule has 0 spiro atoms. The molecule has 0 aliphatic carbocycles. The Morgan fingerprint density at radius 1 is 1.33 bits per heavy atom. The van der Waals surface area contributed by atoms with Gasteiger partial charge in [0, 0.05) is 41.6 Å². The highest BCUT2D eigenvalue weighted by Crippen LogP contribution is 2.38. The predicted molar refractivity (Wildman–Crippen MR) is 91.7 cm³/mol. The molecule has 2 nitrogen and oxygen atoms in total. The van der Waals surface area contributed by atoms with Crippen molar-refractivity contribution >= 4 is 68.0 Å². The largest absolute Gasteiger partial charge is 0.314 e. The quantitative estimate of drug-likeness (QED) is 0.745. The molecule has 2 heterocycles. The lowest BCUT2D eigenvalue weighted by Gasteiger charge is -2.33. The summed E-state index contributed by atoms with van der Waals surface area (Å²) in [6.07, 6.45) is 1.18. The predicted octanol–water partition coefficient (Wildman–Crippen LogP) is 4.47. The van der Waals surface area contributed by atoms with Crippen LogP contribution in [0.5, 0.6) is 0 Å². The molecule has 1 aromatic rings. The van der Waals surface area contributed by atoms with Crippen molar-refractivity contribution in [1.29, 1.82) is 0 Å². The first-order chi connectivity index (χ1) is 7.72. The van der Waals surface area contributed by atoms with Crippen LogP contribution in [0.1, 0.15) is 24.3 Å². The summed E-state index contributed by atoms with van der Waals surface area (Å²) >= 11 is 9.00. The van der Waals surface area contributed by atoms with E-state index in [4.69, 9.17) is 0 Å². The van der Waals surface area contributed by atoms with Gasteiger partial charge in [-0.2, -0.15) is 0 Å². The monoisotopic (exact) mass is 438 g/mol. The fourth-order valence-corrected chi connectivity index (χ4v) is 4.47. The Bertz CT molecular complexity index is 337. The van der Waals surface area contributed by atoms with Crippen LogP contribution in [0, 0.1) is 0 Å². The van der Waals surface area contributed by atoms with E-state index in [2.05, 4.69) is 55.1 Å². The van der Waals surface area contributed by atoms with Gasteiger partial charge in [-0.05, 0) is 44.3 Å². The zero-order chi connectivity index (χ0) is 11.5. The maximum atomic E-state index is 3.58. The number of hydrogen-bond donors (Lipinski definition) is 1. The minimum absolute atomic E-state index is 0. The number of nitrogens with zero attached hydrogens (tertiary/aromatic N) is 1. The molecular weight excluding hydrogens is 423 g/mol. The molecule has 0 radical (unpaired) electrons. The van der Waals surface area contributed by atoms with Gasteiger partial charge in [-0.3, -0.25) is 4.90 Å². The molecule has 0 amide bonds. The first-order valence-electron chi connectivity index (χ1n) is 5.62. The third kappa shape index (κ3) is 4.62. The van der Waals surface area contributed by atoms with E-state index in [1.54, 1.807) is 0 Å². The molecule has 0 bridgehead atoms. The highest BCUT2D eigenvalue weighted by molar-refractivity contribution is 9.13. The molecule has 1 aromatic heterocycles. The first kappa shape index (κ1) is 19.2. The van der Waals surface area contributed by atoms with Gasteiger partial charge in [0.1, 0.15) is 0 Å². The third-order valence-electron chi connectivity index (χ3n) is 2.97. The van der Waals surface area contributed by atoms with Gasteiger partial charge in [0.25, 0.3) is 0 Å². The Balaban J connectivity index is 0.00000144. The van der Waals surface area contributed by atoms with Crippen molar-refractivity contribution < 1.29 is 0 Å². The van der Waals surface area contributed by atoms with Gasteiger partial charge in [-0.15, -0.1) is 36.2 Å². The number of hydrogen-bond acceptors (Lipinski definition) is 3. The van der Waals surface area contributed by atoms with E-state index in [-0.39, 0.29) is 24.8 Å². The SMILES string of the molecule is CC[C@H](c1cc(Br)c(Br)s1)N1CCNCC1.Cl.Cl. The van der Waals surface area contributed by atoms with Crippen LogP contribution in [0.4, 0.5) is 0 Å². The van der Waals surface area contributed by atoms with Crippen LogP contribution in [0.15, 0.2) is 14.3 Å². The number of piperazine rings is 1. The summed E-state index contributed by atoms with van der Waals surface area (Å²) in [5.41, 5.74) is 0. The topological polar surface area (TPSA) is 15.3 Å². The molecule has 0 saturated carbocycles. The van der Waals surface area contributed by atoms with E-state index in [0.717, 1.165) is 26.2 Å². The minimum Gasteiger partial charge on any atom is -0.314 e. The molecule has 1 N–H and O–H groups in total. The van der Waals surface area contributed by atoms with Gasteiger partial charge in [-0.1, -0.05) is 6.92 Å². The molecule has 1 saturated heterocycles. The highest BCUT2D eigenvalue weighted by atomic mass is 79.9. The van der Waals surface area contributed by atoms with Crippen LogP contribution < -0.4 is 5.32 Å². The average molecular weight is 441 g/mol. The van der Waals surface area contributed by atoms with Gasteiger partial charge in [0.2, 0.25) is 0 Å². The van der Waals surface area contributed by atoms with Crippen molar-refractivity contribution in [3.05, 3.63) is 19.2 Å². The standard InChI is InChI=1S/C11H16Br2N2S.2ClH/c1-2-9(15-5-3-14-4-6-15)10-7-8(12)11(13)16-10;;/h7,9,14H,2-6H2,1H3;2*1H/t9-;;/m1../s1. The fraction of sp³-hybridized carbons (Fsp3) is 0.636. The van der Waals surface area contributed by atoms with Crippen LogP contribution in [-0.4, -0.2) is 31.1 Å². The van der Waals surface area contributed by atoms with Gasteiger partial charge < -0.3 is 5.32 Å². The van der Waals surface area contributed by atoms with Crippen molar-refractivity contribution in [2.75, 3.05) is 26.2 Å². The summed E-state index contributed by atoms with van der Waals surface area (Å²) in [7, 11) is 0. The Kier molecular flexibility index (Phi) is 9.75. The van der Waals surface area contributed by atoms with Crippen molar-refractivity contribution in [2.24, 2.45) is 0 Å². The summed E-state index contributed by atoms with van der Waals surface area (Å²) in [6, 6.07) is 2.83. The van der Waals surface area contributed by atoms with Gasteiger partial charge >= 0.3 is 0 Å². The number of nitrogens with one attached hydrogen (secondary N) is 1. The van der Waals surface area contributed by atoms with Crippen LogP contribution in [0.25, 0.3) is 0 Å². The zero-order valence-corrected chi connectivity index (χ0v) is 15.7. The molecule has 0 aromatic carbocycles. The Hall–Kier alpha value is 1.16. The van der Waals surface area contributed by atoms with E-state index >= 15 is 0 Å². The zero-order valence-electron chi connectivity index (χ0n) is 10.1. The average Bonchev–Trinajstić information content (AvgIpc) is 2.61. The van der Waals surface area contributed by atoms with Crippen LogP contribution >= 0.6 is 68.0 Å². The van der Waals surface area contributed by atoms with Crippen molar-refractivity contribution in [2.45, 2.75) is 19.4 Å². The van der Waals surface area contributed by atoms with Crippen LogP contribution in [0.3, 0.4) is 0 Å². The lowest BCUT2D eigenvalue weighted by molar-refractivity contribution is 0.172. The van der Waals surface area contributed by atoms with Gasteiger partial charge in [0.05, 0.1) is 3.79 Å². The van der Waals surface area contributed by atoms with Crippen molar-refractivity contribution in [3.8, 4) is 0 Å². The summed E-state index contributed by atoms with van der Waals surface area (Å²) in [6.45, 7) is 6.82. The molecule has 2 rings (SSSR count). The minimum atomic E-state index is 0. The van der Waals surface area contributed by atoms with E-state index < -0.39 is 0 Å². The second-order valence-electron chi connectivity index (χ2n) is 3.98. The molecule has 18 heavy (non-hydrogen) atoms. The third-order valence-corrected chi connectivity index (χ3v) is 6.33. The lowest BCUT2D eigenvalue weighted by Crippen LogP contribution is -2.44. The van der Waals surface area contributed by atoms with Crippen molar-refractivity contribution in [1.82, 2.24) is 10.2 Å². The number of halogens is 4. The Labute approximate surface area is 142 Å². The Morgan fingerprint density at radius 3 is 2.39 bits per heavy atom. The van der Waals surface area contributed by atoms with Gasteiger partial charge in [0.15, 0.2) is 0 Å². The summed E-state index contributed by atoms with van der Waals surface area (Å²) in [5.74, 6) is 0. The molecule has 1 aliphatic rings. The van der Waals surface area contributed by atoms with E-state index in [1.165, 1.54) is 19.6 Å². The maximum absolute atomic E-state index is 3.58. The van der Waals surface area contributed by atoms with Gasteiger partial charge in [-0.25, -0.2) is 0 Å². The van der Waals surface area contributed by atoms with E-state index in [1.807, 2.05) is 11.3 Å². The number of rotatable bonds is 3. The molecular formula is C11H18Br2Cl2N2S. The fourth-order valence-electron chi connectivity index (χ4n) is 2.16.